The molecule has 0 radical (unpaired) electrons. The number of aliphatic imine (C=N–C) groups is 1. The van der Waals surface area contributed by atoms with Crippen LogP contribution < -0.4 is 21.1 Å². The lowest BCUT2D eigenvalue weighted by atomic mass is 10.1. The number of sulfonamides is 1. The van der Waals surface area contributed by atoms with E-state index in [1.54, 1.807) is 32.9 Å². The average molecular weight is 588 g/mol. The summed E-state index contributed by atoms with van der Waals surface area (Å²) < 4.78 is 37.8. The lowest BCUT2D eigenvalue weighted by molar-refractivity contribution is -0.145. The number of carbonyl (C=O) groups is 3. The van der Waals surface area contributed by atoms with Crippen LogP contribution in [-0.2, 0) is 35.7 Å². The molecular weight excluding hydrogens is 550 g/mol. The van der Waals surface area contributed by atoms with Gasteiger partial charge in [-0.1, -0.05) is 48.0 Å². The number of aryl methyl sites for hydroxylation is 1. The van der Waals surface area contributed by atoms with E-state index in [2.05, 4.69) is 20.3 Å². The molecule has 2 atom stereocenters. The molecule has 13 heteroatoms. The molecule has 3 rings (SSSR count). The van der Waals surface area contributed by atoms with Crippen molar-refractivity contribution in [2.75, 3.05) is 13.1 Å². The maximum absolute atomic E-state index is 13.1. The van der Waals surface area contributed by atoms with Gasteiger partial charge in [-0.25, -0.2) is 17.9 Å². The van der Waals surface area contributed by atoms with Gasteiger partial charge in [0.15, 0.2) is 0 Å². The lowest BCUT2D eigenvalue weighted by Gasteiger charge is -2.24. The molecule has 0 bridgehead atoms. The summed E-state index contributed by atoms with van der Waals surface area (Å²) in [5.74, 6) is -1.87. The summed E-state index contributed by atoms with van der Waals surface area (Å²) in [5, 5.41) is 5.18. The van der Waals surface area contributed by atoms with E-state index in [0.29, 0.717) is 6.42 Å². The molecule has 2 unspecified atom stereocenters. The Morgan fingerprint density at radius 1 is 1.07 bits per heavy atom. The molecule has 2 amide bonds. The summed E-state index contributed by atoms with van der Waals surface area (Å²) in [6, 6.07) is 15.4. The third kappa shape index (κ3) is 9.48. The number of hydrogen-bond donors (Lipinski definition) is 4. The summed E-state index contributed by atoms with van der Waals surface area (Å²) >= 11 is 0. The number of nitrogens with two attached hydrogens (primary N) is 1. The Morgan fingerprint density at radius 3 is 2.37 bits per heavy atom. The Bertz CT molecular complexity index is 1370. The first kappa shape index (κ1) is 31.4. The molecule has 0 heterocycles. The first-order chi connectivity index (χ1) is 19.2. The fourth-order valence-corrected chi connectivity index (χ4v) is 4.99. The first-order valence-corrected chi connectivity index (χ1v) is 14.6. The van der Waals surface area contributed by atoms with Crippen LogP contribution in [0.25, 0.3) is 0 Å². The van der Waals surface area contributed by atoms with Crippen molar-refractivity contribution in [2.45, 2.75) is 63.2 Å². The van der Waals surface area contributed by atoms with Gasteiger partial charge in [-0.2, -0.15) is 0 Å². The molecule has 5 N–H and O–H groups in total. The van der Waals surface area contributed by atoms with Gasteiger partial charge in [0, 0.05) is 6.54 Å². The van der Waals surface area contributed by atoms with Crippen molar-refractivity contribution in [3.8, 4) is 0 Å². The highest BCUT2D eigenvalue weighted by Gasteiger charge is 2.61. The minimum Gasteiger partial charge on any atom is -0.460 e. The number of benzene rings is 2. The van der Waals surface area contributed by atoms with Crippen LogP contribution in [0.3, 0.4) is 0 Å². The second-order valence-electron chi connectivity index (χ2n) is 10.8. The minimum atomic E-state index is -3.91. The number of amides is 2. The van der Waals surface area contributed by atoms with Crippen molar-refractivity contribution in [3.63, 3.8) is 0 Å². The number of nitrogens with one attached hydrogen (secondary N) is 3. The largest absolute Gasteiger partial charge is 0.460 e. The van der Waals surface area contributed by atoms with Crippen molar-refractivity contribution in [1.29, 1.82) is 0 Å². The van der Waals surface area contributed by atoms with Gasteiger partial charge in [0.25, 0.3) is 10.0 Å². The predicted molar refractivity (Wildman–Crippen MR) is 152 cm³/mol. The normalized spacial score (nSPS) is 18.6. The topological polar surface area (TPSA) is 178 Å². The Labute approximate surface area is 240 Å². The van der Waals surface area contributed by atoms with Crippen LogP contribution in [0.15, 0.2) is 64.5 Å². The van der Waals surface area contributed by atoms with Crippen molar-refractivity contribution in [2.24, 2.45) is 16.6 Å². The molecule has 2 aromatic carbocycles. The zero-order chi connectivity index (χ0) is 30.3. The van der Waals surface area contributed by atoms with E-state index in [4.69, 9.17) is 15.2 Å². The summed E-state index contributed by atoms with van der Waals surface area (Å²) in [6.45, 7) is 6.68. The number of guanidine groups is 1. The number of ether oxygens (including phenoxy) is 2. The Hall–Kier alpha value is -4.13. The number of esters is 1. The van der Waals surface area contributed by atoms with Crippen LogP contribution in [0.2, 0.25) is 0 Å². The molecular formula is C28H37N5O7S. The minimum absolute atomic E-state index is 0.0444. The van der Waals surface area contributed by atoms with E-state index in [1.165, 1.54) is 12.1 Å². The molecule has 41 heavy (non-hydrogen) atoms. The maximum Gasteiger partial charge on any atom is 0.408 e. The van der Waals surface area contributed by atoms with E-state index < -0.39 is 39.1 Å². The number of carbonyl (C=O) groups excluding carboxylic acids is 3. The van der Waals surface area contributed by atoms with Crippen LogP contribution in [0.5, 0.6) is 0 Å². The summed E-state index contributed by atoms with van der Waals surface area (Å²) in [7, 11) is -3.91. The molecule has 1 saturated carbocycles. The van der Waals surface area contributed by atoms with E-state index in [1.807, 2.05) is 37.3 Å². The highest BCUT2D eigenvalue weighted by atomic mass is 32.2. The van der Waals surface area contributed by atoms with Gasteiger partial charge in [0.1, 0.15) is 24.3 Å². The molecule has 0 aromatic heterocycles. The summed E-state index contributed by atoms with van der Waals surface area (Å²) in [5.41, 5.74) is 5.40. The SMILES string of the molecule is Cc1ccc(S(=O)(=O)NC(N)=NCCC2CC2(NC(=O)OC(C)(C)C)C(=O)NCC(=O)OCc2ccccc2)cc1. The van der Waals surface area contributed by atoms with Crippen LogP contribution in [0.1, 0.15) is 44.7 Å². The van der Waals surface area contributed by atoms with E-state index >= 15 is 0 Å². The van der Waals surface area contributed by atoms with E-state index in [9.17, 15) is 22.8 Å². The van der Waals surface area contributed by atoms with Crippen molar-refractivity contribution < 1.29 is 32.3 Å². The lowest BCUT2D eigenvalue weighted by Crippen LogP contribution is -2.52. The van der Waals surface area contributed by atoms with Gasteiger partial charge in [-0.05, 0) is 64.2 Å². The number of alkyl carbamates (subject to hydrolysis) is 1. The van der Waals surface area contributed by atoms with Gasteiger partial charge >= 0.3 is 12.1 Å². The Morgan fingerprint density at radius 2 is 1.73 bits per heavy atom. The van der Waals surface area contributed by atoms with Crippen LogP contribution >= 0.6 is 0 Å². The fraction of sp³-hybridized carbons (Fsp3) is 0.429. The van der Waals surface area contributed by atoms with Crippen molar-refractivity contribution >= 4 is 34.0 Å². The molecule has 0 spiro atoms. The monoisotopic (exact) mass is 587 g/mol. The van der Waals surface area contributed by atoms with Gasteiger partial charge < -0.3 is 25.8 Å². The molecule has 2 aromatic rings. The molecule has 1 aliphatic rings. The molecule has 222 valence electrons. The fourth-order valence-electron chi connectivity index (χ4n) is 4.04. The second-order valence-corrected chi connectivity index (χ2v) is 12.5. The zero-order valence-corrected chi connectivity index (χ0v) is 24.4. The number of rotatable bonds is 11. The maximum atomic E-state index is 13.1. The predicted octanol–water partition coefficient (Wildman–Crippen LogP) is 2.12. The van der Waals surface area contributed by atoms with Gasteiger partial charge in [-0.15, -0.1) is 0 Å². The van der Waals surface area contributed by atoms with Crippen molar-refractivity contribution in [3.05, 3.63) is 65.7 Å². The second kappa shape index (κ2) is 13.0. The zero-order valence-electron chi connectivity index (χ0n) is 23.6. The van der Waals surface area contributed by atoms with Gasteiger partial charge in [0.2, 0.25) is 11.9 Å². The Balaban J connectivity index is 1.58. The average Bonchev–Trinajstić information content (AvgIpc) is 3.58. The first-order valence-electron chi connectivity index (χ1n) is 13.1. The molecule has 0 saturated heterocycles. The highest BCUT2D eigenvalue weighted by Crippen LogP contribution is 2.46. The third-order valence-corrected chi connectivity index (χ3v) is 7.57. The quantitative estimate of drug-likeness (QED) is 0.175. The van der Waals surface area contributed by atoms with Crippen LogP contribution in [0.4, 0.5) is 4.79 Å². The van der Waals surface area contributed by atoms with Crippen LogP contribution in [-0.4, -0.2) is 56.6 Å². The highest BCUT2D eigenvalue weighted by molar-refractivity contribution is 7.90. The molecule has 12 nitrogen and oxygen atoms in total. The smallest absolute Gasteiger partial charge is 0.408 e. The number of nitrogens with zero attached hydrogens (tertiary/aromatic N) is 1. The van der Waals surface area contributed by atoms with Crippen molar-refractivity contribution in [1.82, 2.24) is 15.4 Å². The molecule has 1 fully saturated rings. The Kier molecular flexibility index (Phi) is 9.97. The van der Waals surface area contributed by atoms with Gasteiger partial charge in [0.05, 0.1) is 4.90 Å². The summed E-state index contributed by atoms with van der Waals surface area (Å²) in [6.07, 6.45) is -0.216. The summed E-state index contributed by atoms with van der Waals surface area (Å²) in [4.78, 5) is 42.0. The van der Waals surface area contributed by atoms with E-state index in [0.717, 1.165) is 11.1 Å². The van der Waals surface area contributed by atoms with Crippen LogP contribution in [0, 0.1) is 12.8 Å². The molecule has 0 aliphatic heterocycles. The molecule has 1 aliphatic carbocycles. The standard InChI is InChI=1S/C28H37N5O7S/c1-19-10-12-22(13-11-19)41(37,38)33-25(29)30-15-14-21-16-28(21,32-26(36)40-27(2,3)4)24(35)31-17-23(34)39-18-20-8-6-5-7-9-20/h5-13,21H,14-18H2,1-4H3,(H,31,35)(H,32,36)(H3,29,30,33). The third-order valence-electron chi connectivity index (χ3n) is 6.20. The van der Waals surface area contributed by atoms with Gasteiger partial charge in [-0.3, -0.25) is 14.6 Å². The number of hydrogen-bond acceptors (Lipinski definition) is 8. The van der Waals surface area contributed by atoms with E-state index in [-0.39, 0.29) is 42.9 Å².